The van der Waals surface area contributed by atoms with Gasteiger partial charge in [-0.2, -0.15) is 0 Å². The van der Waals surface area contributed by atoms with E-state index in [0.717, 1.165) is 34.0 Å². The number of carbonyl (C=O) groups excluding carboxylic acids is 2. The van der Waals surface area contributed by atoms with Crippen LogP contribution in [0.5, 0.6) is 0 Å². The van der Waals surface area contributed by atoms with Crippen LogP contribution in [0.4, 0.5) is 21.9 Å². The van der Waals surface area contributed by atoms with E-state index in [2.05, 4.69) is 5.32 Å². The first kappa shape index (κ1) is 19.6. The van der Waals surface area contributed by atoms with E-state index in [-0.39, 0.29) is 5.91 Å². The van der Waals surface area contributed by atoms with E-state index in [9.17, 15) is 9.59 Å². The number of nitrogens with one attached hydrogen (secondary N) is 1. The Morgan fingerprint density at radius 1 is 1.11 bits per heavy atom. The Morgan fingerprint density at radius 2 is 1.89 bits per heavy atom. The van der Waals surface area contributed by atoms with E-state index in [0.29, 0.717) is 24.6 Å². The lowest BCUT2D eigenvalue weighted by Gasteiger charge is -2.31. The molecule has 1 aliphatic heterocycles. The maximum Gasteiger partial charge on any atom is 0.411 e. The van der Waals surface area contributed by atoms with Gasteiger partial charge in [0, 0.05) is 27.8 Å². The summed E-state index contributed by atoms with van der Waals surface area (Å²) in [6, 6.07) is 13.4. The van der Waals surface area contributed by atoms with Gasteiger partial charge in [-0.3, -0.25) is 15.0 Å². The number of ether oxygens (including phenoxy) is 1. The van der Waals surface area contributed by atoms with Gasteiger partial charge < -0.3 is 4.74 Å². The van der Waals surface area contributed by atoms with E-state index in [4.69, 9.17) is 16.3 Å². The van der Waals surface area contributed by atoms with Crippen molar-refractivity contribution >= 4 is 52.4 Å². The molecule has 0 saturated heterocycles. The van der Waals surface area contributed by atoms with Crippen LogP contribution < -0.4 is 10.2 Å². The number of alkyl halides is 1. The SMILES string of the molecule is CCOC(=O)Nc1ccc2c(c1)N(C(=O)CCCCCl)c1ccccc1S2. The van der Waals surface area contributed by atoms with Crippen LogP contribution in [-0.2, 0) is 9.53 Å². The molecule has 142 valence electrons. The zero-order valence-electron chi connectivity index (χ0n) is 15.0. The van der Waals surface area contributed by atoms with Gasteiger partial charge in [0.2, 0.25) is 5.91 Å². The van der Waals surface area contributed by atoms with Gasteiger partial charge in [0.15, 0.2) is 0 Å². The van der Waals surface area contributed by atoms with E-state index >= 15 is 0 Å². The minimum absolute atomic E-state index is 0.0161. The van der Waals surface area contributed by atoms with Crippen molar-refractivity contribution < 1.29 is 14.3 Å². The Bertz CT molecular complexity index is 844. The average Bonchev–Trinajstić information content (AvgIpc) is 2.66. The number of unbranched alkanes of at least 4 members (excludes halogenated alkanes) is 1. The van der Waals surface area contributed by atoms with Gasteiger partial charge in [-0.25, -0.2) is 4.79 Å². The number of hydrogen-bond donors (Lipinski definition) is 1. The summed E-state index contributed by atoms with van der Waals surface area (Å²) in [4.78, 5) is 28.5. The maximum atomic E-state index is 13.0. The van der Waals surface area contributed by atoms with E-state index in [1.54, 1.807) is 23.6 Å². The number of nitrogens with zero attached hydrogens (tertiary/aromatic N) is 1. The maximum absolute atomic E-state index is 13.0. The van der Waals surface area contributed by atoms with Crippen molar-refractivity contribution in [2.45, 2.75) is 36.0 Å². The standard InChI is InChI=1S/C20H21ClN2O3S/c1-2-26-20(25)22-14-10-11-18-16(13-14)23(19(24)9-5-6-12-21)15-7-3-4-8-17(15)27-18/h3-4,7-8,10-11,13H,2,5-6,9,12H2,1H3,(H,22,25). The minimum Gasteiger partial charge on any atom is -0.450 e. The van der Waals surface area contributed by atoms with Crippen molar-refractivity contribution in [1.82, 2.24) is 0 Å². The highest BCUT2D eigenvalue weighted by Gasteiger charge is 2.28. The van der Waals surface area contributed by atoms with Crippen LogP contribution in [-0.4, -0.2) is 24.5 Å². The van der Waals surface area contributed by atoms with Crippen molar-refractivity contribution in [3.63, 3.8) is 0 Å². The van der Waals surface area contributed by atoms with Crippen molar-refractivity contribution in [2.24, 2.45) is 0 Å². The predicted octanol–water partition coefficient (Wildman–Crippen LogP) is 5.79. The molecule has 27 heavy (non-hydrogen) atoms. The molecule has 0 saturated carbocycles. The van der Waals surface area contributed by atoms with Gasteiger partial charge in [-0.15, -0.1) is 11.6 Å². The number of benzene rings is 2. The number of anilines is 3. The van der Waals surface area contributed by atoms with Crippen LogP contribution in [0.3, 0.4) is 0 Å². The van der Waals surface area contributed by atoms with E-state index < -0.39 is 6.09 Å². The van der Waals surface area contributed by atoms with Crippen LogP contribution in [0.1, 0.15) is 26.2 Å². The average molecular weight is 405 g/mol. The van der Waals surface area contributed by atoms with Crippen LogP contribution in [0.2, 0.25) is 0 Å². The number of rotatable bonds is 6. The van der Waals surface area contributed by atoms with Crippen LogP contribution in [0.15, 0.2) is 52.3 Å². The van der Waals surface area contributed by atoms with Crippen LogP contribution in [0.25, 0.3) is 0 Å². The van der Waals surface area contributed by atoms with Crippen molar-refractivity contribution in [3.8, 4) is 0 Å². The fourth-order valence-corrected chi connectivity index (χ4v) is 4.10. The number of hydrogen-bond acceptors (Lipinski definition) is 4. The molecule has 0 radical (unpaired) electrons. The molecule has 1 aliphatic rings. The monoisotopic (exact) mass is 404 g/mol. The molecule has 0 aliphatic carbocycles. The molecule has 0 fully saturated rings. The first-order chi connectivity index (χ1) is 13.1. The summed E-state index contributed by atoms with van der Waals surface area (Å²) in [6.45, 7) is 2.05. The quantitative estimate of drug-likeness (QED) is 0.488. The zero-order valence-corrected chi connectivity index (χ0v) is 16.6. The van der Waals surface area contributed by atoms with E-state index in [1.807, 2.05) is 42.5 Å². The van der Waals surface area contributed by atoms with Crippen molar-refractivity contribution in [2.75, 3.05) is 22.7 Å². The smallest absolute Gasteiger partial charge is 0.411 e. The first-order valence-corrected chi connectivity index (χ1v) is 10.2. The Labute approximate surface area is 168 Å². The molecule has 7 heteroatoms. The third-order valence-corrected chi connectivity index (χ3v) is 5.47. The fraction of sp³-hybridized carbons (Fsp3) is 0.300. The largest absolute Gasteiger partial charge is 0.450 e. The molecule has 0 atom stereocenters. The lowest BCUT2D eigenvalue weighted by molar-refractivity contribution is -0.118. The van der Waals surface area contributed by atoms with Gasteiger partial charge in [-0.1, -0.05) is 23.9 Å². The summed E-state index contributed by atoms with van der Waals surface area (Å²) in [6.07, 6.45) is 1.45. The van der Waals surface area contributed by atoms with Gasteiger partial charge in [0.1, 0.15) is 0 Å². The van der Waals surface area contributed by atoms with Crippen LogP contribution >= 0.6 is 23.4 Å². The molecule has 2 amide bonds. The molecule has 2 aromatic carbocycles. The third kappa shape index (κ3) is 4.57. The van der Waals surface area contributed by atoms with Gasteiger partial charge >= 0.3 is 6.09 Å². The number of halogens is 1. The highest BCUT2D eigenvalue weighted by Crippen LogP contribution is 2.49. The molecular weight excluding hydrogens is 384 g/mol. The first-order valence-electron chi connectivity index (χ1n) is 8.87. The molecule has 0 aromatic heterocycles. The normalized spacial score (nSPS) is 12.1. The van der Waals surface area contributed by atoms with Gasteiger partial charge in [0.05, 0.1) is 18.0 Å². The molecule has 2 aromatic rings. The second kappa shape index (κ2) is 9.15. The Balaban J connectivity index is 1.94. The molecule has 0 unspecified atom stereocenters. The summed E-state index contributed by atoms with van der Waals surface area (Å²) in [5.41, 5.74) is 2.22. The second-order valence-corrected chi connectivity index (χ2v) is 7.43. The summed E-state index contributed by atoms with van der Waals surface area (Å²) in [5.74, 6) is 0.562. The topological polar surface area (TPSA) is 58.6 Å². The molecule has 5 nitrogen and oxygen atoms in total. The van der Waals surface area contributed by atoms with Crippen molar-refractivity contribution in [1.29, 1.82) is 0 Å². The molecular formula is C20H21ClN2O3S. The molecule has 0 bridgehead atoms. The number of para-hydroxylation sites is 1. The van der Waals surface area contributed by atoms with Crippen molar-refractivity contribution in [3.05, 3.63) is 42.5 Å². The third-order valence-electron chi connectivity index (χ3n) is 4.07. The molecule has 1 N–H and O–H groups in total. The van der Waals surface area contributed by atoms with E-state index in [1.165, 1.54) is 0 Å². The summed E-state index contributed by atoms with van der Waals surface area (Å²) < 4.78 is 4.94. The summed E-state index contributed by atoms with van der Waals surface area (Å²) in [5, 5.41) is 2.70. The molecule has 1 heterocycles. The lowest BCUT2D eigenvalue weighted by atomic mass is 10.1. The highest BCUT2D eigenvalue weighted by atomic mass is 35.5. The van der Waals surface area contributed by atoms with Gasteiger partial charge in [0.25, 0.3) is 0 Å². The minimum atomic E-state index is -0.513. The lowest BCUT2D eigenvalue weighted by Crippen LogP contribution is -2.28. The Morgan fingerprint density at radius 3 is 2.67 bits per heavy atom. The zero-order chi connectivity index (χ0) is 19.2. The fourth-order valence-electron chi connectivity index (χ4n) is 2.87. The Hall–Kier alpha value is -2.18. The second-order valence-electron chi connectivity index (χ2n) is 5.97. The molecule has 0 spiro atoms. The summed E-state index contributed by atoms with van der Waals surface area (Å²) >= 11 is 7.36. The Kier molecular flexibility index (Phi) is 6.63. The number of fused-ring (bicyclic) bond motifs is 2. The number of amides is 2. The number of carbonyl (C=O) groups is 2. The van der Waals surface area contributed by atoms with Crippen LogP contribution in [0, 0.1) is 0 Å². The predicted molar refractivity (Wildman–Crippen MR) is 109 cm³/mol. The molecule has 3 rings (SSSR count). The summed E-state index contributed by atoms with van der Waals surface area (Å²) in [7, 11) is 0. The van der Waals surface area contributed by atoms with Gasteiger partial charge in [-0.05, 0) is 50.1 Å². The highest BCUT2D eigenvalue weighted by molar-refractivity contribution is 7.99.